The number of fused-ring (bicyclic) bond motifs is 1. The monoisotopic (exact) mass is 188 g/mol. The highest BCUT2D eigenvalue weighted by Gasteiger charge is 2.06. The second kappa shape index (κ2) is 3.18. The number of hydrogen-bond acceptors (Lipinski definition) is 2. The average Bonchev–Trinajstić information content (AvgIpc) is 2.58. The fourth-order valence-corrected chi connectivity index (χ4v) is 1.76. The Labute approximate surface area is 82.1 Å². The minimum atomic E-state index is 0.920. The molecule has 14 heavy (non-hydrogen) atoms. The zero-order valence-corrected chi connectivity index (χ0v) is 8.20. The Morgan fingerprint density at radius 1 is 1.29 bits per heavy atom. The molecule has 1 aromatic carbocycles. The lowest BCUT2D eigenvalue weighted by Crippen LogP contribution is -1.83. The number of hydrogen-bond donors (Lipinski definition) is 2. The molecular formula is C11H12N2O. The van der Waals surface area contributed by atoms with E-state index in [0.717, 1.165) is 16.5 Å². The summed E-state index contributed by atoms with van der Waals surface area (Å²) in [6.07, 6.45) is 3.30. The molecule has 72 valence electrons. The van der Waals surface area contributed by atoms with Crippen molar-refractivity contribution in [1.29, 1.82) is 0 Å². The summed E-state index contributed by atoms with van der Waals surface area (Å²) >= 11 is 0. The van der Waals surface area contributed by atoms with Gasteiger partial charge >= 0.3 is 0 Å². The predicted octanol–water partition coefficient (Wildman–Crippen LogP) is 2.59. The van der Waals surface area contributed by atoms with E-state index in [-0.39, 0.29) is 0 Å². The maximum absolute atomic E-state index is 8.51. The van der Waals surface area contributed by atoms with E-state index >= 15 is 0 Å². The molecule has 0 spiro atoms. The number of oxime groups is 1. The lowest BCUT2D eigenvalue weighted by Gasteiger charge is -2.00. The van der Waals surface area contributed by atoms with Crippen LogP contribution in [0.5, 0.6) is 0 Å². The van der Waals surface area contributed by atoms with Gasteiger partial charge in [0.1, 0.15) is 0 Å². The number of aromatic nitrogens is 1. The van der Waals surface area contributed by atoms with Gasteiger partial charge in [0, 0.05) is 22.7 Å². The van der Waals surface area contributed by atoms with Gasteiger partial charge in [0.2, 0.25) is 0 Å². The van der Waals surface area contributed by atoms with Crippen LogP contribution < -0.4 is 0 Å². The van der Waals surface area contributed by atoms with Gasteiger partial charge in [-0.25, -0.2) is 0 Å². The van der Waals surface area contributed by atoms with Gasteiger partial charge in [0.05, 0.1) is 6.21 Å². The van der Waals surface area contributed by atoms with E-state index in [9.17, 15) is 0 Å². The molecule has 0 unspecified atom stereocenters. The molecule has 2 rings (SSSR count). The van der Waals surface area contributed by atoms with Gasteiger partial charge in [-0.3, -0.25) is 0 Å². The summed E-state index contributed by atoms with van der Waals surface area (Å²) in [5.41, 5.74) is 4.41. The maximum Gasteiger partial charge on any atom is 0.0755 e. The molecule has 2 N–H and O–H groups in total. The fraction of sp³-hybridized carbons (Fsp3) is 0.182. The summed E-state index contributed by atoms with van der Waals surface area (Å²) in [5, 5.41) is 12.7. The molecule has 0 aliphatic carbocycles. The minimum absolute atomic E-state index is 0.920. The molecule has 1 heterocycles. The van der Waals surface area contributed by atoms with Crippen LogP contribution in [-0.4, -0.2) is 16.4 Å². The van der Waals surface area contributed by atoms with Crippen molar-refractivity contribution in [2.45, 2.75) is 13.8 Å². The topological polar surface area (TPSA) is 48.4 Å². The van der Waals surface area contributed by atoms with E-state index in [1.165, 1.54) is 17.3 Å². The van der Waals surface area contributed by atoms with Crippen LogP contribution in [0.3, 0.4) is 0 Å². The Hall–Kier alpha value is -1.77. The van der Waals surface area contributed by atoms with Crippen molar-refractivity contribution in [2.24, 2.45) is 5.16 Å². The van der Waals surface area contributed by atoms with Crippen molar-refractivity contribution in [3.63, 3.8) is 0 Å². The summed E-state index contributed by atoms with van der Waals surface area (Å²) in [6, 6.07) is 4.15. The third kappa shape index (κ3) is 1.18. The average molecular weight is 188 g/mol. The SMILES string of the molecule is Cc1ccc(C)c2c(/C=N/O)c[nH]c12. The van der Waals surface area contributed by atoms with E-state index in [1.807, 2.05) is 13.1 Å². The van der Waals surface area contributed by atoms with E-state index < -0.39 is 0 Å². The molecule has 0 saturated heterocycles. The molecule has 0 aliphatic heterocycles. The molecule has 0 aliphatic rings. The van der Waals surface area contributed by atoms with Crippen molar-refractivity contribution in [2.75, 3.05) is 0 Å². The number of nitrogens with zero attached hydrogens (tertiary/aromatic N) is 1. The van der Waals surface area contributed by atoms with Crippen LogP contribution in [0.1, 0.15) is 16.7 Å². The van der Waals surface area contributed by atoms with Gasteiger partial charge < -0.3 is 10.2 Å². The van der Waals surface area contributed by atoms with Crippen molar-refractivity contribution < 1.29 is 5.21 Å². The number of nitrogens with one attached hydrogen (secondary N) is 1. The van der Waals surface area contributed by atoms with Crippen LogP contribution in [-0.2, 0) is 0 Å². The first kappa shape index (κ1) is 8.81. The minimum Gasteiger partial charge on any atom is -0.411 e. The van der Waals surface area contributed by atoms with Crippen molar-refractivity contribution >= 4 is 17.1 Å². The van der Waals surface area contributed by atoms with Gasteiger partial charge in [0.25, 0.3) is 0 Å². The molecule has 0 atom stereocenters. The van der Waals surface area contributed by atoms with Crippen LogP contribution >= 0.6 is 0 Å². The van der Waals surface area contributed by atoms with Gasteiger partial charge in [-0.15, -0.1) is 0 Å². The molecule has 0 bridgehead atoms. The second-order valence-electron chi connectivity index (χ2n) is 3.44. The highest BCUT2D eigenvalue weighted by Crippen LogP contribution is 2.23. The van der Waals surface area contributed by atoms with E-state index in [1.54, 1.807) is 0 Å². The van der Waals surface area contributed by atoms with E-state index in [2.05, 4.69) is 29.2 Å². The number of benzene rings is 1. The summed E-state index contributed by atoms with van der Waals surface area (Å²) in [7, 11) is 0. The lowest BCUT2D eigenvalue weighted by molar-refractivity contribution is 0.322. The largest absolute Gasteiger partial charge is 0.411 e. The zero-order valence-electron chi connectivity index (χ0n) is 8.20. The Kier molecular flexibility index (Phi) is 2.00. The number of H-pyrrole nitrogens is 1. The Morgan fingerprint density at radius 2 is 2.00 bits per heavy atom. The first-order chi connectivity index (χ1) is 6.74. The third-order valence-electron chi connectivity index (χ3n) is 2.48. The Bertz CT molecular complexity index is 497. The predicted molar refractivity (Wildman–Crippen MR) is 57.2 cm³/mol. The maximum atomic E-state index is 8.51. The highest BCUT2D eigenvalue weighted by atomic mass is 16.4. The first-order valence-corrected chi connectivity index (χ1v) is 4.48. The molecule has 0 amide bonds. The quantitative estimate of drug-likeness (QED) is 0.403. The van der Waals surface area contributed by atoms with Gasteiger partial charge in [-0.1, -0.05) is 17.3 Å². The standard InChI is InChI=1S/C11H12N2O/c1-7-3-4-8(2)11-10(7)9(5-12-11)6-13-14/h3-6,12,14H,1-2H3/b13-6+. The number of aryl methyl sites for hydroxylation is 2. The molecule has 3 nitrogen and oxygen atoms in total. The smallest absolute Gasteiger partial charge is 0.0755 e. The molecule has 0 saturated carbocycles. The molecule has 0 radical (unpaired) electrons. The van der Waals surface area contributed by atoms with Crippen LogP contribution in [0, 0.1) is 13.8 Å². The van der Waals surface area contributed by atoms with Crippen LogP contribution in [0.25, 0.3) is 10.9 Å². The lowest BCUT2D eigenvalue weighted by atomic mass is 10.0. The molecule has 0 fully saturated rings. The van der Waals surface area contributed by atoms with E-state index in [4.69, 9.17) is 5.21 Å². The molecule has 3 heteroatoms. The first-order valence-electron chi connectivity index (χ1n) is 4.48. The molecular weight excluding hydrogens is 176 g/mol. The van der Waals surface area contributed by atoms with Gasteiger partial charge in [-0.05, 0) is 25.0 Å². The normalized spacial score (nSPS) is 11.6. The molecule has 1 aromatic heterocycles. The number of rotatable bonds is 1. The van der Waals surface area contributed by atoms with Crippen molar-refractivity contribution in [3.8, 4) is 0 Å². The van der Waals surface area contributed by atoms with E-state index in [0.29, 0.717) is 0 Å². The number of aromatic amines is 1. The molecule has 2 aromatic rings. The van der Waals surface area contributed by atoms with Crippen LogP contribution in [0.2, 0.25) is 0 Å². The van der Waals surface area contributed by atoms with Crippen molar-refractivity contribution in [3.05, 3.63) is 35.0 Å². The zero-order chi connectivity index (χ0) is 10.1. The summed E-state index contributed by atoms with van der Waals surface area (Å²) in [6.45, 7) is 4.10. The highest BCUT2D eigenvalue weighted by molar-refractivity contribution is 6.01. The van der Waals surface area contributed by atoms with Crippen LogP contribution in [0.4, 0.5) is 0 Å². The third-order valence-corrected chi connectivity index (χ3v) is 2.48. The Balaban J connectivity index is 2.83. The summed E-state index contributed by atoms with van der Waals surface area (Å²) < 4.78 is 0. The fourth-order valence-electron chi connectivity index (χ4n) is 1.76. The van der Waals surface area contributed by atoms with Crippen LogP contribution in [0.15, 0.2) is 23.5 Å². The summed E-state index contributed by atoms with van der Waals surface area (Å²) in [5.74, 6) is 0. The van der Waals surface area contributed by atoms with Gasteiger partial charge in [0.15, 0.2) is 0 Å². The van der Waals surface area contributed by atoms with Crippen molar-refractivity contribution in [1.82, 2.24) is 4.98 Å². The summed E-state index contributed by atoms with van der Waals surface area (Å²) in [4.78, 5) is 3.18. The Morgan fingerprint density at radius 3 is 2.71 bits per heavy atom. The van der Waals surface area contributed by atoms with Gasteiger partial charge in [-0.2, -0.15) is 0 Å². The second-order valence-corrected chi connectivity index (χ2v) is 3.44.